The van der Waals surface area contributed by atoms with E-state index in [2.05, 4.69) is 13.0 Å². The van der Waals surface area contributed by atoms with Crippen LogP contribution in [0.4, 0.5) is 0 Å². The van der Waals surface area contributed by atoms with Gasteiger partial charge in [-0.05, 0) is 77.6 Å². The number of amides is 1. The van der Waals surface area contributed by atoms with Crippen molar-refractivity contribution in [3.8, 4) is 0 Å². The minimum absolute atomic E-state index is 0.109. The van der Waals surface area contributed by atoms with Gasteiger partial charge in [0.2, 0.25) is 0 Å². The fourth-order valence-electron chi connectivity index (χ4n) is 6.01. The second-order valence-corrected chi connectivity index (χ2v) is 12.2. The van der Waals surface area contributed by atoms with E-state index in [1.807, 2.05) is 19.9 Å². The molecule has 0 radical (unpaired) electrons. The molecule has 0 aliphatic carbocycles. The Kier molecular flexibility index (Phi) is 9.76. The molecule has 7 nitrogen and oxygen atoms in total. The number of hydrogen-bond acceptors (Lipinski definition) is 6. The largest absolute Gasteiger partial charge is 0.464 e. The van der Waals surface area contributed by atoms with Gasteiger partial charge in [0.25, 0.3) is 11.7 Å². The molecule has 3 aliphatic heterocycles. The Morgan fingerprint density at radius 2 is 1.68 bits per heavy atom. The average molecular weight is 518 g/mol. The van der Waals surface area contributed by atoms with Crippen LogP contribution in [0.2, 0.25) is 0 Å². The lowest BCUT2D eigenvalue weighted by Crippen LogP contribution is -2.66. The number of ketones is 2. The number of piperidine rings is 1. The van der Waals surface area contributed by atoms with Crippen LogP contribution in [0.15, 0.2) is 12.2 Å². The second-order valence-electron chi connectivity index (χ2n) is 12.2. The molecule has 208 valence electrons. The molecule has 3 rings (SSSR count). The highest BCUT2D eigenvalue weighted by atomic mass is 16.5. The Labute approximate surface area is 222 Å². The fourth-order valence-corrected chi connectivity index (χ4v) is 6.01. The monoisotopic (exact) mass is 517 g/mol. The van der Waals surface area contributed by atoms with E-state index in [1.54, 1.807) is 13.8 Å². The lowest BCUT2D eigenvalue weighted by molar-refractivity contribution is -0.212. The first kappa shape index (κ1) is 29.5. The van der Waals surface area contributed by atoms with Gasteiger partial charge < -0.3 is 14.4 Å². The van der Waals surface area contributed by atoms with E-state index >= 15 is 0 Å². The van der Waals surface area contributed by atoms with Crippen molar-refractivity contribution in [3.05, 3.63) is 12.2 Å². The van der Waals surface area contributed by atoms with Crippen LogP contribution in [0.5, 0.6) is 0 Å². The number of carbonyl (C=O) groups excluding carboxylic acids is 4. The number of carbonyl (C=O) groups is 4. The van der Waals surface area contributed by atoms with Crippen LogP contribution in [0.25, 0.3) is 0 Å². The highest BCUT2D eigenvalue weighted by molar-refractivity contribution is 6.39. The van der Waals surface area contributed by atoms with Gasteiger partial charge >= 0.3 is 5.97 Å². The van der Waals surface area contributed by atoms with Crippen LogP contribution in [0.1, 0.15) is 112 Å². The van der Waals surface area contributed by atoms with E-state index in [0.717, 1.165) is 44.9 Å². The number of fused-ring (bicyclic) bond motifs is 3. The minimum Gasteiger partial charge on any atom is -0.464 e. The maximum absolute atomic E-state index is 14.0. The highest BCUT2D eigenvalue weighted by Crippen LogP contribution is 2.49. The zero-order chi connectivity index (χ0) is 27.3. The van der Waals surface area contributed by atoms with E-state index in [-0.39, 0.29) is 24.4 Å². The molecule has 37 heavy (non-hydrogen) atoms. The number of nitrogens with zero attached hydrogens (tertiary/aromatic N) is 1. The van der Waals surface area contributed by atoms with Gasteiger partial charge in [-0.2, -0.15) is 0 Å². The van der Waals surface area contributed by atoms with Crippen LogP contribution in [0.3, 0.4) is 0 Å². The van der Waals surface area contributed by atoms with Gasteiger partial charge in [-0.1, -0.05) is 39.3 Å². The fraction of sp³-hybridized carbons (Fsp3) is 0.800. The molecule has 0 spiro atoms. The maximum atomic E-state index is 14.0. The molecule has 3 aliphatic rings. The summed E-state index contributed by atoms with van der Waals surface area (Å²) in [5.74, 6) is -1.33. The predicted molar refractivity (Wildman–Crippen MR) is 142 cm³/mol. The van der Waals surface area contributed by atoms with Crippen LogP contribution >= 0.6 is 0 Å². The molecular weight excluding hydrogens is 470 g/mol. The molecule has 2 bridgehead atoms. The summed E-state index contributed by atoms with van der Waals surface area (Å²) in [6.07, 6.45) is 12.5. The Balaban J connectivity index is 1.88. The third-order valence-electron chi connectivity index (χ3n) is 9.43. The number of ether oxygens (including phenoxy) is 2. The molecule has 0 aromatic rings. The van der Waals surface area contributed by atoms with E-state index in [9.17, 15) is 19.2 Å². The summed E-state index contributed by atoms with van der Waals surface area (Å²) in [6, 6.07) is 0. The Hall–Kier alpha value is -2.02. The van der Waals surface area contributed by atoms with E-state index in [1.165, 1.54) is 4.90 Å². The number of esters is 1. The van der Waals surface area contributed by atoms with Crippen molar-refractivity contribution in [1.82, 2.24) is 4.90 Å². The van der Waals surface area contributed by atoms with Crippen molar-refractivity contribution < 1.29 is 28.7 Å². The van der Waals surface area contributed by atoms with Crippen LogP contribution in [-0.4, -0.2) is 58.7 Å². The third-order valence-corrected chi connectivity index (χ3v) is 9.43. The molecule has 3 heterocycles. The summed E-state index contributed by atoms with van der Waals surface area (Å²) in [5, 5.41) is 0. The summed E-state index contributed by atoms with van der Waals surface area (Å²) in [4.78, 5) is 54.6. The molecule has 4 unspecified atom stereocenters. The van der Waals surface area contributed by atoms with Crippen molar-refractivity contribution >= 4 is 23.4 Å². The smallest absolute Gasteiger partial charge is 0.331 e. The van der Waals surface area contributed by atoms with Gasteiger partial charge in [0.1, 0.15) is 16.9 Å². The molecule has 0 saturated carbocycles. The standard InChI is InChI=1S/C30H47NO6/c1-22-21-24-17-10-8-6-7-9-15-23(32)16-11-14-20-36-27(35)29(4)18-12-13-19-31(29)26(34)25(33)30(5,37-24)28(22,2)3/h7,9,22,24H,6,8,10-21H2,1-5H3/b9-7-. The molecule has 0 aromatic carbocycles. The zero-order valence-electron chi connectivity index (χ0n) is 23.6. The minimum atomic E-state index is -1.28. The van der Waals surface area contributed by atoms with Gasteiger partial charge in [-0.15, -0.1) is 0 Å². The van der Waals surface area contributed by atoms with Crippen molar-refractivity contribution in [2.45, 2.75) is 129 Å². The number of allylic oxidation sites excluding steroid dienone is 2. The van der Waals surface area contributed by atoms with Crippen LogP contribution in [-0.2, 0) is 28.7 Å². The third kappa shape index (κ3) is 6.35. The lowest BCUT2D eigenvalue weighted by atomic mass is 9.62. The number of cyclic esters (lactones) is 1. The van der Waals surface area contributed by atoms with E-state index in [4.69, 9.17) is 9.47 Å². The zero-order valence-corrected chi connectivity index (χ0v) is 23.6. The molecule has 1 amide bonds. The molecular formula is C30H47NO6. The summed E-state index contributed by atoms with van der Waals surface area (Å²) >= 11 is 0. The number of rotatable bonds is 0. The first-order chi connectivity index (χ1) is 17.4. The van der Waals surface area contributed by atoms with Crippen LogP contribution in [0, 0.1) is 11.3 Å². The molecule has 7 heteroatoms. The summed E-state index contributed by atoms with van der Waals surface area (Å²) in [5.41, 5.74) is -3.02. The molecule has 4 atom stereocenters. The molecule has 2 fully saturated rings. The maximum Gasteiger partial charge on any atom is 0.331 e. The quantitative estimate of drug-likeness (QED) is 0.245. The molecule has 2 saturated heterocycles. The van der Waals surface area contributed by atoms with Crippen molar-refractivity contribution in [2.24, 2.45) is 11.3 Å². The van der Waals surface area contributed by atoms with Gasteiger partial charge in [0.05, 0.1) is 12.7 Å². The Bertz CT molecular complexity index is 895. The van der Waals surface area contributed by atoms with Gasteiger partial charge in [-0.25, -0.2) is 4.79 Å². The Morgan fingerprint density at radius 1 is 0.919 bits per heavy atom. The van der Waals surface area contributed by atoms with E-state index in [0.29, 0.717) is 38.6 Å². The number of hydrogen-bond donors (Lipinski definition) is 0. The lowest BCUT2D eigenvalue weighted by Gasteiger charge is -2.53. The molecule has 0 N–H and O–H groups in total. The first-order valence-corrected chi connectivity index (χ1v) is 14.3. The van der Waals surface area contributed by atoms with Crippen molar-refractivity contribution in [1.29, 1.82) is 0 Å². The summed E-state index contributed by atoms with van der Waals surface area (Å²) in [7, 11) is 0. The summed E-state index contributed by atoms with van der Waals surface area (Å²) in [6.45, 7) is 10.2. The SMILES string of the molecule is CC1CC2CCCC/C=C\CC(=O)CCCCOC(=O)C3(C)CCCCN3C(=O)C(=O)C(C)(O2)C1(C)C. The van der Waals surface area contributed by atoms with Crippen molar-refractivity contribution in [2.75, 3.05) is 13.2 Å². The van der Waals surface area contributed by atoms with Gasteiger partial charge in [0, 0.05) is 24.8 Å². The first-order valence-electron chi connectivity index (χ1n) is 14.3. The van der Waals surface area contributed by atoms with E-state index < -0.39 is 34.2 Å². The topological polar surface area (TPSA) is 90.0 Å². The van der Waals surface area contributed by atoms with Crippen molar-refractivity contribution in [3.63, 3.8) is 0 Å². The van der Waals surface area contributed by atoms with Gasteiger partial charge in [0.15, 0.2) is 0 Å². The predicted octanol–water partition coefficient (Wildman–Crippen LogP) is 5.34. The van der Waals surface area contributed by atoms with Crippen LogP contribution < -0.4 is 0 Å². The van der Waals surface area contributed by atoms with Gasteiger partial charge in [-0.3, -0.25) is 14.4 Å². The number of Topliss-reactive ketones (excluding diaryl/α,β-unsaturated/α-hetero) is 2. The second kappa shape index (κ2) is 12.2. The highest BCUT2D eigenvalue weighted by Gasteiger charge is 2.59. The summed E-state index contributed by atoms with van der Waals surface area (Å²) < 4.78 is 12.1. The normalized spacial score (nSPS) is 36.2. The Morgan fingerprint density at radius 3 is 2.43 bits per heavy atom. The average Bonchev–Trinajstić information content (AvgIpc) is 2.85. The molecule has 0 aromatic heterocycles.